The highest BCUT2D eigenvalue weighted by molar-refractivity contribution is 5.92. The molecule has 2 aromatic heterocycles. The van der Waals surface area contributed by atoms with Crippen molar-refractivity contribution in [3.05, 3.63) is 101 Å². The number of piperidine rings is 1. The van der Waals surface area contributed by atoms with Crippen molar-refractivity contribution in [1.29, 1.82) is 0 Å². The number of hydrogen-bond donors (Lipinski definition) is 3. The number of H-pyrrole nitrogens is 1. The smallest absolute Gasteiger partial charge is 0.322 e. The number of benzene rings is 3. The van der Waals surface area contributed by atoms with Gasteiger partial charge in [-0.3, -0.25) is 10.1 Å². The molecule has 4 heterocycles. The normalized spacial score (nSPS) is 16.3. The molecule has 9 nitrogen and oxygen atoms in total. The molecule has 3 N–H and O–H groups in total. The Kier molecular flexibility index (Phi) is 6.89. The molecule has 5 aromatic rings. The third-order valence-corrected chi connectivity index (χ3v) is 8.65. The number of halogens is 1. The van der Waals surface area contributed by atoms with Gasteiger partial charge in [0.25, 0.3) is 0 Å². The first-order chi connectivity index (χ1) is 20.9. The van der Waals surface area contributed by atoms with Crippen LogP contribution in [0.5, 0.6) is 0 Å². The summed E-state index contributed by atoms with van der Waals surface area (Å²) in [6.45, 7) is 3.42. The molecule has 1 unspecified atom stereocenters. The number of nitrogens with one attached hydrogen (secondary N) is 3. The molecule has 2 aliphatic heterocycles. The quantitative estimate of drug-likeness (QED) is 0.236. The summed E-state index contributed by atoms with van der Waals surface area (Å²) < 4.78 is 14.2. The molecule has 0 bridgehead atoms. The monoisotopic (exact) mass is 577 g/mol. The minimum atomic E-state index is -0.424. The number of amides is 4. The number of fused-ring (bicyclic) bond motifs is 3. The number of rotatable bonds is 5. The molecule has 7 rings (SSSR count). The largest absolute Gasteiger partial charge is 0.329 e. The molecule has 218 valence electrons. The van der Waals surface area contributed by atoms with E-state index in [2.05, 4.69) is 33.0 Å². The van der Waals surface area contributed by atoms with Gasteiger partial charge in [-0.1, -0.05) is 42.5 Å². The number of para-hydroxylation sites is 2. The second-order valence-corrected chi connectivity index (χ2v) is 11.4. The first kappa shape index (κ1) is 26.9. The third-order valence-electron chi connectivity index (χ3n) is 8.65. The fourth-order valence-corrected chi connectivity index (χ4v) is 6.36. The number of carbonyl (C=O) groups excluding carboxylic acids is 2. The van der Waals surface area contributed by atoms with Crippen LogP contribution in [0.15, 0.2) is 72.9 Å². The van der Waals surface area contributed by atoms with Crippen molar-refractivity contribution < 1.29 is 14.0 Å². The minimum absolute atomic E-state index is 0.0388. The number of anilines is 1. The molecule has 3 aromatic carbocycles. The maximum atomic E-state index is 14.2. The van der Waals surface area contributed by atoms with Gasteiger partial charge < -0.3 is 20.4 Å². The summed E-state index contributed by atoms with van der Waals surface area (Å²) in [6, 6.07) is 20.2. The SMILES string of the molecule is Cc1cc(CC(NC(=O)N2CCC(N3Cc4cccc(F)c4NC3=O)CC2)c2ccc3ccccc3n2)cc2cn[nH]c12. The summed E-state index contributed by atoms with van der Waals surface area (Å²) in [5, 5.41) is 15.3. The maximum Gasteiger partial charge on any atom is 0.322 e. The van der Waals surface area contributed by atoms with Crippen LogP contribution in [0.4, 0.5) is 19.7 Å². The molecule has 1 fully saturated rings. The van der Waals surface area contributed by atoms with E-state index < -0.39 is 5.82 Å². The zero-order valence-corrected chi connectivity index (χ0v) is 23.8. The molecular weight excluding hydrogens is 545 g/mol. The van der Waals surface area contributed by atoms with Gasteiger partial charge in [-0.25, -0.2) is 14.0 Å². The summed E-state index contributed by atoms with van der Waals surface area (Å²) in [4.78, 5) is 35.0. The van der Waals surface area contributed by atoms with E-state index >= 15 is 0 Å². The Morgan fingerprint density at radius 3 is 2.77 bits per heavy atom. The first-order valence-corrected chi connectivity index (χ1v) is 14.6. The van der Waals surface area contributed by atoms with E-state index in [1.807, 2.05) is 60.5 Å². The van der Waals surface area contributed by atoms with E-state index in [4.69, 9.17) is 4.98 Å². The Hall–Kier alpha value is -4.99. The van der Waals surface area contributed by atoms with Crippen molar-refractivity contribution in [3.8, 4) is 0 Å². The lowest BCUT2D eigenvalue weighted by atomic mass is 9.98. The van der Waals surface area contributed by atoms with Crippen LogP contribution in [0.25, 0.3) is 21.8 Å². The predicted octanol–water partition coefficient (Wildman–Crippen LogP) is 6.06. The van der Waals surface area contributed by atoms with Gasteiger partial charge in [-0.05, 0) is 67.1 Å². The number of likely N-dealkylation sites (tertiary alicyclic amines) is 1. The van der Waals surface area contributed by atoms with Crippen molar-refractivity contribution in [1.82, 2.24) is 30.3 Å². The van der Waals surface area contributed by atoms with E-state index in [0.29, 0.717) is 38.9 Å². The van der Waals surface area contributed by atoms with Crippen LogP contribution in [-0.2, 0) is 13.0 Å². The molecule has 0 aliphatic carbocycles. The fraction of sp³-hybridized carbons (Fsp3) is 0.273. The molecule has 0 radical (unpaired) electrons. The predicted molar refractivity (Wildman–Crippen MR) is 163 cm³/mol. The van der Waals surface area contributed by atoms with Crippen LogP contribution in [-0.4, -0.2) is 56.2 Å². The van der Waals surface area contributed by atoms with Gasteiger partial charge >= 0.3 is 12.1 Å². The van der Waals surface area contributed by atoms with Gasteiger partial charge in [0.2, 0.25) is 0 Å². The average molecular weight is 578 g/mol. The fourth-order valence-electron chi connectivity index (χ4n) is 6.36. The number of carbonyl (C=O) groups is 2. The molecule has 2 aliphatic rings. The molecule has 43 heavy (non-hydrogen) atoms. The second kappa shape index (κ2) is 11.0. The van der Waals surface area contributed by atoms with Crippen molar-refractivity contribution in [2.75, 3.05) is 18.4 Å². The van der Waals surface area contributed by atoms with Crippen LogP contribution in [0.2, 0.25) is 0 Å². The Morgan fingerprint density at radius 2 is 1.91 bits per heavy atom. The highest BCUT2D eigenvalue weighted by atomic mass is 19.1. The van der Waals surface area contributed by atoms with Crippen LogP contribution in [0.1, 0.15) is 41.3 Å². The van der Waals surface area contributed by atoms with Gasteiger partial charge in [0, 0.05) is 36.4 Å². The molecule has 0 saturated carbocycles. The number of pyridine rings is 1. The molecule has 0 spiro atoms. The van der Waals surface area contributed by atoms with E-state index in [1.54, 1.807) is 11.0 Å². The molecule has 10 heteroatoms. The van der Waals surface area contributed by atoms with E-state index in [-0.39, 0.29) is 29.8 Å². The third kappa shape index (κ3) is 5.24. The molecule has 4 amide bonds. The highest BCUT2D eigenvalue weighted by Crippen LogP contribution is 2.30. The molecule has 1 atom stereocenters. The summed E-state index contributed by atoms with van der Waals surface area (Å²) in [6.07, 6.45) is 3.66. The lowest BCUT2D eigenvalue weighted by Crippen LogP contribution is -2.53. The van der Waals surface area contributed by atoms with Crippen molar-refractivity contribution in [2.24, 2.45) is 0 Å². The standard InChI is InChI=1S/C33H32FN7O2/c1-20-15-21(16-24-18-35-39-30(20)24)17-29(28-10-9-22-5-2-3-8-27(22)36-28)37-32(42)40-13-11-25(12-14-40)41-19-23-6-4-7-26(34)31(23)38-33(41)43/h2-10,15-16,18,25,29H,11-14,17,19H2,1H3,(H,35,39)(H,37,42)(H,38,43). The van der Waals surface area contributed by atoms with Crippen LogP contribution in [0, 0.1) is 12.7 Å². The van der Waals surface area contributed by atoms with Gasteiger partial charge in [0.05, 0.1) is 34.7 Å². The molecule has 1 saturated heterocycles. The van der Waals surface area contributed by atoms with Crippen molar-refractivity contribution in [2.45, 2.75) is 44.8 Å². The van der Waals surface area contributed by atoms with Gasteiger partial charge in [-0.15, -0.1) is 0 Å². The number of aromatic nitrogens is 3. The summed E-state index contributed by atoms with van der Waals surface area (Å²) >= 11 is 0. The van der Waals surface area contributed by atoms with Gasteiger partial charge in [-0.2, -0.15) is 5.10 Å². The van der Waals surface area contributed by atoms with Gasteiger partial charge in [0.15, 0.2) is 0 Å². The average Bonchev–Trinajstić information content (AvgIpc) is 3.50. The van der Waals surface area contributed by atoms with E-state index in [0.717, 1.165) is 44.2 Å². The highest BCUT2D eigenvalue weighted by Gasteiger charge is 2.34. The Bertz CT molecular complexity index is 1850. The Balaban J connectivity index is 1.08. The Morgan fingerprint density at radius 1 is 1.07 bits per heavy atom. The Labute approximate surface area is 248 Å². The number of hydrogen-bond acceptors (Lipinski definition) is 4. The van der Waals surface area contributed by atoms with Crippen molar-refractivity contribution >= 4 is 39.6 Å². The van der Waals surface area contributed by atoms with Crippen molar-refractivity contribution in [3.63, 3.8) is 0 Å². The van der Waals surface area contributed by atoms with Crippen LogP contribution >= 0.6 is 0 Å². The summed E-state index contributed by atoms with van der Waals surface area (Å²) in [5.41, 5.74) is 5.87. The summed E-state index contributed by atoms with van der Waals surface area (Å²) in [7, 11) is 0. The minimum Gasteiger partial charge on any atom is -0.329 e. The van der Waals surface area contributed by atoms with Crippen LogP contribution in [0.3, 0.4) is 0 Å². The van der Waals surface area contributed by atoms with Crippen LogP contribution < -0.4 is 10.6 Å². The van der Waals surface area contributed by atoms with E-state index in [9.17, 15) is 14.0 Å². The number of nitrogens with zero attached hydrogens (tertiary/aromatic N) is 4. The zero-order chi connectivity index (χ0) is 29.5. The van der Waals surface area contributed by atoms with E-state index in [1.165, 1.54) is 6.07 Å². The maximum absolute atomic E-state index is 14.2. The second-order valence-electron chi connectivity index (χ2n) is 11.4. The lowest BCUT2D eigenvalue weighted by Gasteiger charge is -2.40. The number of aryl methyl sites for hydroxylation is 1. The van der Waals surface area contributed by atoms with Gasteiger partial charge in [0.1, 0.15) is 5.82 Å². The zero-order valence-electron chi connectivity index (χ0n) is 23.8. The first-order valence-electron chi connectivity index (χ1n) is 14.6. The topological polar surface area (TPSA) is 106 Å². The molecular formula is C33H32FN7O2. The number of urea groups is 2. The lowest BCUT2D eigenvalue weighted by molar-refractivity contribution is 0.126. The number of aromatic amines is 1. The summed E-state index contributed by atoms with van der Waals surface area (Å²) in [5.74, 6) is -0.424.